The molecule has 0 saturated heterocycles. The number of aliphatic hydroxyl groups is 1. The van der Waals surface area contributed by atoms with Crippen LogP contribution in [0.2, 0.25) is 0 Å². The van der Waals surface area contributed by atoms with Gasteiger partial charge in [-0.2, -0.15) is 0 Å². The summed E-state index contributed by atoms with van der Waals surface area (Å²) in [6, 6.07) is 0. The first-order chi connectivity index (χ1) is 25.8. The summed E-state index contributed by atoms with van der Waals surface area (Å²) >= 11 is 0. The maximum Gasteiger partial charge on any atom is 0.308 e. The first-order valence-corrected chi connectivity index (χ1v) is 21.4. The van der Waals surface area contributed by atoms with Crippen molar-refractivity contribution in [2.75, 3.05) is 65.9 Å². The Morgan fingerprint density at radius 1 is 0.453 bits per heavy atom. The highest BCUT2D eigenvalue weighted by molar-refractivity contribution is 5.73. The van der Waals surface area contributed by atoms with Gasteiger partial charge in [0, 0.05) is 19.6 Å². The molecule has 0 aromatic carbocycles. The molecule has 0 fully saturated rings. The summed E-state index contributed by atoms with van der Waals surface area (Å²) in [5, 5.41) is 9.01. The molecule has 0 aliphatic carbocycles. The summed E-state index contributed by atoms with van der Waals surface area (Å²) < 4.78 is 27.3. The molecule has 0 aliphatic rings. The van der Waals surface area contributed by atoms with Gasteiger partial charge in [0.25, 0.3) is 0 Å². The summed E-state index contributed by atoms with van der Waals surface area (Å²) in [5.41, 5.74) is 0. The van der Waals surface area contributed by atoms with E-state index in [4.69, 9.17) is 28.8 Å². The summed E-state index contributed by atoms with van der Waals surface area (Å²) in [6.07, 6.45) is 19.7. The van der Waals surface area contributed by atoms with E-state index in [0.717, 1.165) is 77.0 Å². The Balaban J connectivity index is 4.37. The molecule has 312 valence electrons. The van der Waals surface area contributed by atoms with Crippen molar-refractivity contribution in [2.45, 2.75) is 169 Å². The van der Waals surface area contributed by atoms with Gasteiger partial charge in [-0.1, -0.05) is 105 Å². The number of ether oxygens (including phenoxy) is 5. The van der Waals surface area contributed by atoms with Gasteiger partial charge in [0.15, 0.2) is 0 Å². The fourth-order valence-corrected chi connectivity index (χ4v) is 6.00. The molecule has 2 atom stereocenters. The van der Waals surface area contributed by atoms with E-state index in [1.165, 1.54) is 25.7 Å². The topological polar surface area (TPSA) is 138 Å². The molecule has 0 rings (SSSR count). The Labute approximate surface area is 322 Å². The van der Waals surface area contributed by atoms with Crippen LogP contribution >= 0.6 is 0 Å². The van der Waals surface area contributed by atoms with Gasteiger partial charge in [-0.3, -0.25) is 24.1 Å². The van der Waals surface area contributed by atoms with Crippen molar-refractivity contribution in [3.05, 3.63) is 0 Å². The number of unbranched alkanes of at least 4 members (excludes halogenated alkanes) is 10. The normalized spacial score (nSPS) is 12.4. The maximum atomic E-state index is 12.6. The van der Waals surface area contributed by atoms with E-state index in [0.29, 0.717) is 65.1 Å². The third-order valence-corrected chi connectivity index (χ3v) is 9.44. The monoisotopic (exact) mass is 758 g/mol. The van der Waals surface area contributed by atoms with E-state index in [1.54, 1.807) is 0 Å². The molecule has 2 unspecified atom stereocenters. The van der Waals surface area contributed by atoms with Gasteiger partial charge < -0.3 is 28.8 Å². The van der Waals surface area contributed by atoms with E-state index < -0.39 is 0 Å². The predicted molar refractivity (Wildman–Crippen MR) is 209 cm³/mol. The molecule has 0 aromatic heterocycles. The minimum absolute atomic E-state index is 0.0236. The quantitative estimate of drug-likeness (QED) is 0.0368. The number of hydrogen-bond donors (Lipinski definition) is 1. The largest absolute Gasteiger partial charge is 0.466 e. The van der Waals surface area contributed by atoms with Crippen LogP contribution in [0, 0.1) is 11.8 Å². The van der Waals surface area contributed by atoms with Crippen molar-refractivity contribution in [3.8, 4) is 0 Å². The standard InChI is InChI=1S/C42H79NO10/c1-5-9-13-15-23-37(21-11-7-3)41(47)52-33-19-17-31-50-39(45)25-27-43(29-35-49-36-30-44)28-26-40(46)51-32-18-20-34-53-42(48)38(22-12-8-4)24-16-14-10-6-2/h37-38,44H,5-36H2,1-4H3. The zero-order valence-corrected chi connectivity index (χ0v) is 34.4. The van der Waals surface area contributed by atoms with Crippen LogP contribution in [0.4, 0.5) is 0 Å². The SMILES string of the molecule is CCCCCCC(CCCC)C(=O)OCCCCOC(=O)CCN(CCOCCO)CCC(=O)OCCCCOC(=O)C(CCCC)CCCCCC. The number of carbonyl (C=O) groups excluding carboxylic acids is 4. The molecule has 0 heterocycles. The summed E-state index contributed by atoms with van der Waals surface area (Å²) in [6.45, 7) is 11.6. The lowest BCUT2D eigenvalue weighted by atomic mass is 9.95. The smallest absolute Gasteiger partial charge is 0.308 e. The lowest BCUT2D eigenvalue weighted by Gasteiger charge is -2.21. The van der Waals surface area contributed by atoms with Gasteiger partial charge in [-0.25, -0.2) is 0 Å². The average Bonchev–Trinajstić information content (AvgIpc) is 3.15. The van der Waals surface area contributed by atoms with Gasteiger partial charge in [-0.05, 0) is 51.4 Å². The zero-order chi connectivity index (χ0) is 39.2. The number of esters is 4. The lowest BCUT2D eigenvalue weighted by Crippen LogP contribution is -2.33. The second-order valence-electron chi connectivity index (χ2n) is 14.2. The van der Waals surface area contributed by atoms with E-state index in [1.807, 2.05) is 4.90 Å². The average molecular weight is 758 g/mol. The second kappa shape index (κ2) is 38.1. The van der Waals surface area contributed by atoms with Gasteiger partial charge in [0.1, 0.15) is 0 Å². The Kier molecular flexibility index (Phi) is 36.4. The number of hydrogen-bond acceptors (Lipinski definition) is 11. The molecule has 11 nitrogen and oxygen atoms in total. The summed E-state index contributed by atoms with van der Waals surface area (Å²) in [5.74, 6) is -0.904. The lowest BCUT2D eigenvalue weighted by molar-refractivity contribution is -0.150. The molecule has 0 amide bonds. The fourth-order valence-electron chi connectivity index (χ4n) is 6.00. The number of rotatable bonds is 39. The predicted octanol–water partition coefficient (Wildman–Crippen LogP) is 8.36. The molecular weight excluding hydrogens is 678 g/mol. The van der Waals surface area contributed by atoms with E-state index in [-0.39, 0.29) is 75.0 Å². The molecule has 0 aromatic rings. The van der Waals surface area contributed by atoms with E-state index in [9.17, 15) is 19.2 Å². The van der Waals surface area contributed by atoms with Crippen molar-refractivity contribution < 1.29 is 48.0 Å². The van der Waals surface area contributed by atoms with Crippen LogP contribution in [-0.2, 0) is 42.9 Å². The Morgan fingerprint density at radius 3 is 1.25 bits per heavy atom. The fraction of sp³-hybridized carbons (Fsp3) is 0.905. The summed E-state index contributed by atoms with van der Waals surface area (Å²) in [4.78, 5) is 52.1. The van der Waals surface area contributed by atoms with Crippen LogP contribution in [0.15, 0.2) is 0 Å². The molecule has 0 aliphatic heterocycles. The van der Waals surface area contributed by atoms with Gasteiger partial charge in [0.05, 0.1) is 70.9 Å². The molecule has 1 N–H and O–H groups in total. The molecule has 0 saturated carbocycles. The molecule has 11 heteroatoms. The van der Waals surface area contributed by atoms with Crippen molar-refractivity contribution in [1.29, 1.82) is 0 Å². The second-order valence-corrected chi connectivity index (χ2v) is 14.2. The van der Waals surface area contributed by atoms with Crippen molar-refractivity contribution >= 4 is 23.9 Å². The minimum atomic E-state index is -0.327. The maximum absolute atomic E-state index is 12.6. The van der Waals surface area contributed by atoms with Crippen LogP contribution in [-0.4, -0.2) is 99.8 Å². The highest BCUT2D eigenvalue weighted by Gasteiger charge is 2.20. The van der Waals surface area contributed by atoms with Crippen molar-refractivity contribution in [3.63, 3.8) is 0 Å². The van der Waals surface area contributed by atoms with Crippen LogP contribution in [0.3, 0.4) is 0 Å². The van der Waals surface area contributed by atoms with E-state index in [2.05, 4.69) is 27.7 Å². The Bertz CT molecular complexity index is 822. The highest BCUT2D eigenvalue weighted by Crippen LogP contribution is 2.20. The number of aliphatic hydroxyl groups excluding tert-OH is 1. The Hall–Kier alpha value is -2.24. The Morgan fingerprint density at radius 2 is 0.849 bits per heavy atom. The van der Waals surface area contributed by atoms with Crippen molar-refractivity contribution in [1.82, 2.24) is 4.90 Å². The van der Waals surface area contributed by atoms with E-state index >= 15 is 0 Å². The third-order valence-electron chi connectivity index (χ3n) is 9.44. The zero-order valence-electron chi connectivity index (χ0n) is 34.4. The molecular formula is C42H79NO10. The molecule has 0 bridgehead atoms. The van der Waals surface area contributed by atoms with Crippen LogP contribution < -0.4 is 0 Å². The van der Waals surface area contributed by atoms with Gasteiger partial charge >= 0.3 is 23.9 Å². The first kappa shape index (κ1) is 50.8. The summed E-state index contributed by atoms with van der Waals surface area (Å²) in [7, 11) is 0. The molecule has 0 spiro atoms. The molecule has 53 heavy (non-hydrogen) atoms. The number of nitrogens with zero attached hydrogens (tertiary/aromatic N) is 1. The van der Waals surface area contributed by atoms with Gasteiger partial charge in [-0.15, -0.1) is 0 Å². The van der Waals surface area contributed by atoms with Crippen LogP contribution in [0.25, 0.3) is 0 Å². The van der Waals surface area contributed by atoms with Crippen LogP contribution in [0.1, 0.15) is 169 Å². The van der Waals surface area contributed by atoms with Crippen LogP contribution in [0.5, 0.6) is 0 Å². The molecule has 0 radical (unpaired) electrons. The van der Waals surface area contributed by atoms with Crippen molar-refractivity contribution in [2.24, 2.45) is 11.8 Å². The third kappa shape index (κ3) is 31.8. The highest BCUT2D eigenvalue weighted by atomic mass is 16.5. The van der Waals surface area contributed by atoms with Gasteiger partial charge in [0.2, 0.25) is 0 Å². The number of carbonyl (C=O) groups is 4. The first-order valence-electron chi connectivity index (χ1n) is 21.4. The minimum Gasteiger partial charge on any atom is -0.466 e.